The Morgan fingerprint density at radius 3 is 2.31 bits per heavy atom. The molecule has 3 N–H and O–H groups in total. The summed E-state index contributed by atoms with van der Waals surface area (Å²) in [5.74, 6) is -1.35. The molecule has 6 nitrogen and oxygen atoms in total. The predicted octanol–water partition coefficient (Wildman–Crippen LogP) is 3.04. The number of benzene rings is 3. The van der Waals surface area contributed by atoms with Crippen molar-refractivity contribution in [2.45, 2.75) is 17.4 Å². The lowest BCUT2D eigenvalue weighted by Gasteiger charge is -2.18. The first-order valence-corrected chi connectivity index (χ1v) is 9.36. The smallest absolute Gasteiger partial charge is 0.305 e. The number of phenolic OH excluding ortho intramolecular Hbond substituents is 1. The van der Waals surface area contributed by atoms with Gasteiger partial charge in [-0.2, -0.15) is 0 Å². The third kappa shape index (κ3) is 3.84. The Kier molecular flexibility index (Phi) is 4.92. The predicted molar refractivity (Wildman–Crippen MR) is 97.4 cm³/mol. The fraction of sp³-hybridized carbons (Fsp3) is 0.105. The Morgan fingerprint density at radius 1 is 0.962 bits per heavy atom. The molecule has 0 radical (unpaired) electrons. The Balaban J connectivity index is 1.98. The fourth-order valence-electron chi connectivity index (χ4n) is 2.76. The molecule has 0 aliphatic heterocycles. The minimum Gasteiger partial charge on any atom is -0.508 e. The van der Waals surface area contributed by atoms with E-state index in [2.05, 4.69) is 4.72 Å². The zero-order chi connectivity index (χ0) is 18.7. The van der Waals surface area contributed by atoms with Crippen molar-refractivity contribution in [3.8, 4) is 5.75 Å². The van der Waals surface area contributed by atoms with Gasteiger partial charge in [0.1, 0.15) is 5.75 Å². The van der Waals surface area contributed by atoms with Crippen molar-refractivity contribution in [3.05, 3.63) is 72.3 Å². The summed E-state index contributed by atoms with van der Waals surface area (Å²) in [6.07, 6.45) is -0.496. The summed E-state index contributed by atoms with van der Waals surface area (Å²) in [6, 6.07) is 17.0. The van der Waals surface area contributed by atoms with E-state index in [-0.39, 0.29) is 16.2 Å². The Morgan fingerprint density at radius 2 is 1.62 bits per heavy atom. The van der Waals surface area contributed by atoms with Crippen molar-refractivity contribution in [2.24, 2.45) is 0 Å². The first-order chi connectivity index (χ1) is 12.4. The molecule has 0 spiro atoms. The molecule has 0 bridgehead atoms. The van der Waals surface area contributed by atoms with E-state index in [4.69, 9.17) is 5.11 Å². The number of carbonyl (C=O) groups is 1. The molecule has 0 fully saturated rings. The Labute approximate surface area is 150 Å². The van der Waals surface area contributed by atoms with Gasteiger partial charge in [0.05, 0.1) is 17.4 Å². The quantitative estimate of drug-likeness (QED) is 0.618. The van der Waals surface area contributed by atoms with E-state index in [9.17, 15) is 18.3 Å². The monoisotopic (exact) mass is 371 g/mol. The molecule has 0 aromatic heterocycles. The molecule has 0 aliphatic carbocycles. The Hall–Kier alpha value is -2.90. The number of aromatic hydroxyl groups is 1. The van der Waals surface area contributed by atoms with E-state index in [0.29, 0.717) is 0 Å². The van der Waals surface area contributed by atoms with Crippen LogP contribution in [0.4, 0.5) is 0 Å². The van der Waals surface area contributed by atoms with Gasteiger partial charge in [0.2, 0.25) is 10.0 Å². The van der Waals surface area contributed by atoms with Gasteiger partial charge >= 0.3 is 5.97 Å². The van der Waals surface area contributed by atoms with Gasteiger partial charge in [0.15, 0.2) is 0 Å². The van der Waals surface area contributed by atoms with Crippen LogP contribution in [0.2, 0.25) is 0 Å². The highest BCUT2D eigenvalue weighted by Gasteiger charge is 2.25. The third-order valence-electron chi connectivity index (χ3n) is 4.02. The van der Waals surface area contributed by atoms with Crippen LogP contribution in [-0.4, -0.2) is 24.6 Å². The maximum absolute atomic E-state index is 12.8. The molecule has 3 aromatic rings. The highest BCUT2D eigenvalue weighted by molar-refractivity contribution is 7.89. The summed E-state index contributed by atoms with van der Waals surface area (Å²) < 4.78 is 27.9. The van der Waals surface area contributed by atoms with Crippen LogP contribution in [0, 0.1) is 0 Å². The number of carboxylic acid groups (broad SMARTS) is 1. The summed E-state index contributed by atoms with van der Waals surface area (Å²) in [5.41, 5.74) is 0.208. The molecule has 0 heterocycles. The normalized spacial score (nSPS) is 12.8. The lowest BCUT2D eigenvalue weighted by atomic mass is 10.0. The summed E-state index contributed by atoms with van der Waals surface area (Å²) in [7, 11) is -3.99. The Bertz CT molecular complexity index is 1060. The zero-order valence-corrected chi connectivity index (χ0v) is 14.5. The molecule has 1 atom stereocenters. The van der Waals surface area contributed by atoms with Crippen LogP contribution in [0.5, 0.6) is 5.75 Å². The van der Waals surface area contributed by atoms with Gasteiger partial charge in [-0.05, 0) is 29.0 Å². The van der Waals surface area contributed by atoms with Crippen molar-refractivity contribution in [2.75, 3.05) is 0 Å². The van der Waals surface area contributed by atoms with Crippen molar-refractivity contribution < 1.29 is 23.4 Å². The van der Waals surface area contributed by atoms with E-state index in [1.165, 1.54) is 24.3 Å². The van der Waals surface area contributed by atoms with Crippen molar-refractivity contribution in [3.63, 3.8) is 0 Å². The maximum atomic E-state index is 12.8. The van der Waals surface area contributed by atoms with E-state index >= 15 is 0 Å². The lowest BCUT2D eigenvalue weighted by Crippen LogP contribution is -2.30. The number of para-hydroxylation sites is 1. The minimum atomic E-state index is -3.99. The number of phenols is 1. The topological polar surface area (TPSA) is 104 Å². The summed E-state index contributed by atoms with van der Waals surface area (Å²) in [4.78, 5) is 11.2. The molecule has 0 amide bonds. The molecular formula is C19H17NO5S. The first-order valence-electron chi connectivity index (χ1n) is 7.87. The number of sulfonamides is 1. The van der Waals surface area contributed by atoms with E-state index < -0.39 is 28.5 Å². The van der Waals surface area contributed by atoms with Crippen LogP contribution >= 0.6 is 0 Å². The van der Waals surface area contributed by atoms with Crippen LogP contribution in [0.3, 0.4) is 0 Å². The van der Waals surface area contributed by atoms with E-state index in [0.717, 1.165) is 10.8 Å². The highest BCUT2D eigenvalue weighted by atomic mass is 32.2. The second kappa shape index (κ2) is 7.15. The van der Waals surface area contributed by atoms with Crippen molar-refractivity contribution in [1.82, 2.24) is 4.72 Å². The van der Waals surface area contributed by atoms with Gasteiger partial charge in [-0.25, -0.2) is 13.1 Å². The van der Waals surface area contributed by atoms with Gasteiger partial charge in [-0.1, -0.05) is 48.5 Å². The van der Waals surface area contributed by atoms with Crippen LogP contribution < -0.4 is 4.72 Å². The zero-order valence-electron chi connectivity index (χ0n) is 13.7. The van der Waals surface area contributed by atoms with Crippen molar-refractivity contribution >= 4 is 26.8 Å². The largest absolute Gasteiger partial charge is 0.508 e. The number of hydrogen-bond acceptors (Lipinski definition) is 4. The summed E-state index contributed by atoms with van der Waals surface area (Å²) in [6.45, 7) is 0. The van der Waals surface area contributed by atoms with Gasteiger partial charge in [0, 0.05) is 5.56 Å². The molecule has 26 heavy (non-hydrogen) atoms. The number of aliphatic carboxylic acids is 1. The molecular weight excluding hydrogens is 354 g/mol. The molecule has 7 heteroatoms. The van der Waals surface area contributed by atoms with Gasteiger partial charge in [-0.15, -0.1) is 0 Å². The average molecular weight is 371 g/mol. The van der Waals surface area contributed by atoms with Crippen LogP contribution in [0.15, 0.2) is 71.6 Å². The lowest BCUT2D eigenvalue weighted by molar-refractivity contribution is -0.137. The molecule has 0 saturated heterocycles. The molecule has 3 aromatic carbocycles. The highest BCUT2D eigenvalue weighted by Crippen LogP contribution is 2.28. The SMILES string of the molecule is O=C(O)CC(NS(=O)(=O)c1ccc2ccccc2c1)c1ccccc1O. The van der Waals surface area contributed by atoms with E-state index in [1.807, 2.05) is 12.1 Å². The first kappa shape index (κ1) is 17.9. The number of fused-ring (bicyclic) bond motifs is 1. The van der Waals surface area contributed by atoms with Crippen molar-refractivity contribution in [1.29, 1.82) is 0 Å². The van der Waals surface area contributed by atoms with Gasteiger partial charge in [-0.3, -0.25) is 4.79 Å². The average Bonchev–Trinajstić information content (AvgIpc) is 2.60. The molecule has 0 saturated carbocycles. The summed E-state index contributed by atoms with van der Waals surface area (Å²) >= 11 is 0. The van der Waals surface area contributed by atoms with Crippen LogP contribution in [0.25, 0.3) is 10.8 Å². The fourth-order valence-corrected chi connectivity index (χ4v) is 4.01. The second-order valence-corrected chi connectivity index (χ2v) is 7.55. The minimum absolute atomic E-state index is 0.0296. The number of carboxylic acids is 1. The van der Waals surface area contributed by atoms with Crippen LogP contribution in [-0.2, 0) is 14.8 Å². The van der Waals surface area contributed by atoms with Gasteiger partial charge in [0.25, 0.3) is 0 Å². The van der Waals surface area contributed by atoms with Crippen LogP contribution in [0.1, 0.15) is 18.0 Å². The second-order valence-electron chi connectivity index (χ2n) is 5.84. The maximum Gasteiger partial charge on any atom is 0.305 e. The van der Waals surface area contributed by atoms with Gasteiger partial charge < -0.3 is 10.2 Å². The molecule has 134 valence electrons. The molecule has 3 rings (SSSR count). The third-order valence-corrected chi connectivity index (χ3v) is 5.49. The molecule has 0 aliphatic rings. The number of nitrogens with one attached hydrogen (secondary N) is 1. The molecule has 1 unspecified atom stereocenters. The standard InChI is InChI=1S/C19H17NO5S/c21-18-8-4-3-7-16(18)17(12-19(22)23)20-26(24,25)15-10-9-13-5-1-2-6-14(13)11-15/h1-11,17,20-21H,12H2,(H,22,23). The number of hydrogen-bond donors (Lipinski definition) is 3. The summed E-state index contributed by atoms with van der Waals surface area (Å²) in [5, 5.41) is 20.8. The van der Waals surface area contributed by atoms with E-state index in [1.54, 1.807) is 30.3 Å². The number of rotatable bonds is 6.